The highest BCUT2D eigenvalue weighted by atomic mass is 32.2. The second-order valence-corrected chi connectivity index (χ2v) is 20.8. The summed E-state index contributed by atoms with van der Waals surface area (Å²) < 4.78 is 0. The normalized spacial score (nSPS) is 11.4. The quantitative estimate of drug-likeness (QED) is 0.113. The van der Waals surface area contributed by atoms with Crippen LogP contribution in [0.3, 0.4) is 0 Å². The van der Waals surface area contributed by atoms with E-state index in [4.69, 9.17) is 0 Å². The number of rotatable bonds is 12. The van der Waals surface area contributed by atoms with E-state index in [1.807, 2.05) is 0 Å². The molecule has 13 aromatic carbocycles. The summed E-state index contributed by atoms with van der Waals surface area (Å²) in [6.07, 6.45) is 0. The van der Waals surface area contributed by atoms with Gasteiger partial charge in [-0.05, 0) is 199 Å². The molecule has 0 saturated heterocycles. The zero-order valence-corrected chi connectivity index (χ0v) is 42.1. The van der Waals surface area contributed by atoms with Crippen LogP contribution in [0.15, 0.2) is 311 Å². The standard InChI is InChI=1S/C70H48N2S2/c1-5-21-55(22-6-1)71(57-33-39-63(40-34-57)73-61-25-9-3-10-26-61)59-37-43-65-67(47-59)69(53-31-29-49-17-13-15-19-51(49)45-53)66-44-38-60(48-68(66)70(65)54-32-30-50-18-14-16-20-52(50)46-54)72(56-23-7-2-8-24-56)58-35-41-64(42-36-58)74-62-27-11-4-12-28-62/h1-48H. The molecular weight excluding hydrogens is 933 g/mol. The van der Waals surface area contributed by atoms with E-state index in [0.717, 1.165) is 34.1 Å². The second kappa shape index (κ2) is 20.0. The highest BCUT2D eigenvalue weighted by Gasteiger charge is 2.23. The maximum atomic E-state index is 2.43. The van der Waals surface area contributed by atoms with Gasteiger partial charge in [-0.1, -0.05) is 181 Å². The molecule has 0 amide bonds. The van der Waals surface area contributed by atoms with Gasteiger partial charge in [0.25, 0.3) is 0 Å². The van der Waals surface area contributed by atoms with E-state index >= 15 is 0 Å². The predicted octanol–water partition coefficient (Wildman–Crippen LogP) is 20.9. The molecule has 0 fully saturated rings. The van der Waals surface area contributed by atoms with E-state index in [9.17, 15) is 0 Å². The topological polar surface area (TPSA) is 6.48 Å². The molecule has 0 spiro atoms. The summed E-state index contributed by atoms with van der Waals surface area (Å²) in [5, 5.41) is 9.60. The Morgan fingerprint density at radius 1 is 0.203 bits per heavy atom. The SMILES string of the molecule is c1ccc(Sc2ccc(N(c3ccccc3)c3ccc4c(-c5ccc6ccccc6c5)c5cc(N(c6ccccc6)c6ccc(Sc7ccccc7)cc6)ccc5c(-c5ccc6ccccc6c5)c4c3)cc2)cc1. The Bertz CT molecular complexity index is 3840. The van der Waals surface area contributed by atoms with Crippen molar-refractivity contribution in [2.45, 2.75) is 19.6 Å². The van der Waals surface area contributed by atoms with Crippen LogP contribution in [0.2, 0.25) is 0 Å². The van der Waals surface area contributed by atoms with E-state index in [0.29, 0.717) is 0 Å². The molecule has 0 N–H and O–H groups in total. The number of para-hydroxylation sites is 2. The van der Waals surface area contributed by atoms with Gasteiger partial charge in [-0.25, -0.2) is 0 Å². The molecule has 350 valence electrons. The fourth-order valence-electron chi connectivity index (χ4n) is 10.4. The minimum absolute atomic E-state index is 1.08. The number of hydrogen-bond donors (Lipinski definition) is 0. The van der Waals surface area contributed by atoms with Gasteiger partial charge in [-0.15, -0.1) is 0 Å². The van der Waals surface area contributed by atoms with Gasteiger partial charge < -0.3 is 9.80 Å². The summed E-state index contributed by atoms with van der Waals surface area (Å²) in [5.74, 6) is 0. The Kier molecular flexibility index (Phi) is 12.2. The monoisotopic (exact) mass is 980 g/mol. The highest BCUT2D eigenvalue weighted by molar-refractivity contribution is 7.99. The third kappa shape index (κ3) is 8.96. The lowest BCUT2D eigenvalue weighted by Crippen LogP contribution is -2.10. The van der Waals surface area contributed by atoms with E-state index in [1.54, 1.807) is 23.5 Å². The Labute approximate surface area is 440 Å². The van der Waals surface area contributed by atoms with Crippen LogP contribution < -0.4 is 9.80 Å². The lowest BCUT2D eigenvalue weighted by Gasteiger charge is -2.28. The van der Waals surface area contributed by atoms with Gasteiger partial charge in [-0.3, -0.25) is 0 Å². The zero-order chi connectivity index (χ0) is 49.2. The number of hydrogen-bond acceptors (Lipinski definition) is 4. The summed E-state index contributed by atoms with van der Waals surface area (Å²) in [6, 6.07) is 106. The summed E-state index contributed by atoms with van der Waals surface area (Å²) in [4.78, 5) is 9.62. The third-order valence-corrected chi connectivity index (χ3v) is 15.9. The maximum Gasteiger partial charge on any atom is 0.0468 e. The fraction of sp³-hybridized carbons (Fsp3) is 0. The van der Waals surface area contributed by atoms with E-state index in [2.05, 4.69) is 301 Å². The van der Waals surface area contributed by atoms with Gasteiger partial charge in [0.15, 0.2) is 0 Å². The van der Waals surface area contributed by atoms with Crippen molar-refractivity contribution in [2.75, 3.05) is 9.80 Å². The highest BCUT2D eigenvalue weighted by Crippen LogP contribution is 2.49. The molecule has 13 rings (SSSR count). The minimum Gasteiger partial charge on any atom is -0.310 e. The van der Waals surface area contributed by atoms with Crippen molar-refractivity contribution >= 4 is 101 Å². The first kappa shape index (κ1) is 45.1. The summed E-state index contributed by atoms with van der Waals surface area (Å²) in [5.41, 5.74) is 11.3. The number of anilines is 6. The second-order valence-electron chi connectivity index (χ2n) is 18.5. The molecule has 0 heterocycles. The van der Waals surface area contributed by atoms with Gasteiger partial charge in [0, 0.05) is 53.7 Å². The molecule has 0 aliphatic rings. The predicted molar refractivity (Wildman–Crippen MR) is 318 cm³/mol. The van der Waals surface area contributed by atoms with Crippen molar-refractivity contribution in [3.05, 3.63) is 291 Å². The minimum atomic E-state index is 1.08. The van der Waals surface area contributed by atoms with Crippen molar-refractivity contribution in [3.8, 4) is 22.3 Å². The van der Waals surface area contributed by atoms with Crippen molar-refractivity contribution in [3.63, 3.8) is 0 Å². The average molecular weight is 981 g/mol. The Morgan fingerprint density at radius 3 is 0.905 bits per heavy atom. The molecule has 0 atom stereocenters. The van der Waals surface area contributed by atoms with Gasteiger partial charge in [0.1, 0.15) is 0 Å². The van der Waals surface area contributed by atoms with Crippen LogP contribution in [0.5, 0.6) is 0 Å². The molecule has 0 radical (unpaired) electrons. The molecule has 0 aliphatic carbocycles. The number of nitrogens with zero attached hydrogens (tertiary/aromatic N) is 2. The Balaban J connectivity index is 1.05. The molecule has 0 aliphatic heterocycles. The van der Waals surface area contributed by atoms with Crippen molar-refractivity contribution in [2.24, 2.45) is 0 Å². The first-order valence-corrected chi connectivity index (χ1v) is 26.7. The summed E-state index contributed by atoms with van der Waals surface area (Å²) >= 11 is 3.56. The van der Waals surface area contributed by atoms with Gasteiger partial charge in [-0.2, -0.15) is 0 Å². The summed E-state index contributed by atoms with van der Waals surface area (Å²) in [6.45, 7) is 0. The lowest BCUT2D eigenvalue weighted by atomic mass is 9.84. The van der Waals surface area contributed by atoms with E-state index < -0.39 is 0 Å². The van der Waals surface area contributed by atoms with Crippen LogP contribution in [0.25, 0.3) is 65.3 Å². The number of fused-ring (bicyclic) bond motifs is 4. The molecule has 0 saturated carbocycles. The van der Waals surface area contributed by atoms with Crippen LogP contribution in [-0.2, 0) is 0 Å². The van der Waals surface area contributed by atoms with Crippen LogP contribution in [0.4, 0.5) is 34.1 Å². The fourth-order valence-corrected chi connectivity index (χ4v) is 12.1. The summed E-state index contributed by atoms with van der Waals surface area (Å²) in [7, 11) is 0. The van der Waals surface area contributed by atoms with Crippen LogP contribution in [0.1, 0.15) is 0 Å². The molecule has 0 unspecified atom stereocenters. The van der Waals surface area contributed by atoms with E-state index in [-0.39, 0.29) is 0 Å². The molecule has 74 heavy (non-hydrogen) atoms. The average Bonchev–Trinajstić information content (AvgIpc) is 3.46. The molecule has 0 aromatic heterocycles. The molecular formula is C70H48N2S2. The first-order valence-electron chi connectivity index (χ1n) is 25.1. The lowest BCUT2D eigenvalue weighted by molar-refractivity contribution is 1.27. The van der Waals surface area contributed by atoms with Crippen LogP contribution in [0, 0.1) is 0 Å². The van der Waals surface area contributed by atoms with Crippen molar-refractivity contribution < 1.29 is 0 Å². The molecule has 13 aromatic rings. The van der Waals surface area contributed by atoms with Crippen molar-refractivity contribution in [1.29, 1.82) is 0 Å². The van der Waals surface area contributed by atoms with Crippen LogP contribution >= 0.6 is 23.5 Å². The van der Waals surface area contributed by atoms with Gasteiger partial charge in [0.2, 0.25) is 0 Å². The Hall–Kier alpha value is -8.80. The number of benzene rings is 13. The molecule has 0 bridgehead atoms. The third-order valence-electron chi connectivity index (χ3n) is 13.9. The van der Waals surface area contributed by atoms with Crippen LogP contribution in [-0.4, -0.2) is 0 Å². The zero-order valence-electron chi connectivity index (χ0n) is 40.4. The smallest absolute Gasteiger partial charge is 0.0468 e. The largest absolute Gasteiger partial charge is 0.310 e. The maximum absolute atomic E-state index is 2.43. The van der Waals surface area contributed by atoms with Crippen molar-refractivity contribution in [1.82, 2.24) is 0 Å². The Morgan fingerprint density at radius 2 is 0.514 bits per heavy atom. The first-order chi connectivity index (χ1) is 36.7. The molecule has 2 nitrogen and oxygen atoms in total. The molecule has 4 heteroatoms. The van der Waals surface area contributed by atoms with Gasteiger partial charge >= 0.3 is 0 Å². The van der Waals surface area contributed by atoms with E-state index in [1.165, 1.54) is 84.9 Å². The van der Waals surface area contributed by atoms with Gasteiger partial charge in [0.05, 0.1) is 0 Å².